The maximum atomic E-state index is 3.53. The minimum atomic E-state index is 0.549. The molecule has 1 spiro atoms. The summed E-state index contributed by atoms with van der Waals surface area (Å²) in [6.45, 7) is 4.71. The zero-order valence-corrected chi connectivity index (χ0v) is 9.54. The Morgan fingerprint density at radius 1 is 1.50 bits per heavy atom. The molecule has 1 aromatic rings. The van der Waals surface area contributed by atoms with E-state index in [4.69, 9.17) is 0 Å². The van der Waals surface area contributed by atoms with Crippen LogP contribution in [0.25, 0.3) is 0 Å². The molecule has 1 aliphatic carbocycles. The predicted octanol–water partition coefficient (Wildman–Crippen LogP) is 2.49. The zero-order chi connectivity index (χ0) is 9.60. The number of fused-ring (bicyclic) bond motifs is 2. The minimum absolute atomic E-state index is 0.549. The Balaban J connectivity index is 2.03. The Labute approximate surface area is 89.5 Å². The lowest BCUT2D eigenvalue weighted by Crippen LogP contribution is -2.24. The van der Waals surface area contributed by atoms with Gasteiger partial charge >= 0.3 is 0 Å². The van der Waals surface area contributed by atoms with Crippen molar-refractivity contribution in [1.29, 1.82) is 0 Å². The van der Waals surface area contributed by atoms with Crippen molar-refractivity contribution >= 4 is 11.3 Å². The van der Waals surface area contributed by atoms with Crippen molar-refractivity contribution < 1.29 is 0 Å². The van der Waals surface area contributed by atoms with E-state index in [0.717, 1.165) is 0 Å². The Bertz CT molecular complexity index is 347. The highest BCUT2D eigenvalue weighted by molar-refractivity contribution is 7.12. The molecular weight excluding hydrogens is 190 g/mol. The number of rotatable bonds is 1. The van der Waals surface area contributed by atoms with Gasteiger partial charge in [0.25, 0.3) is 0 Å². The molecule has 14 heavy (non-hydrogen) atoms. The van der Waals surface area contributed by atoms with E-state index in [9.17, 15) is 0 Å². The molecule has 1 saturated heterocycles. The van der Waals surface area contributed by atoms with Crippen molar-refractivity contribution in [1.82, 2.24) is 5.32 Å². The van der Waals surface area contributed by atoms with Crippen LogP contribution in [0.5, 0.6) is 0 Å². The van der Waals surface area contributed by atoms with E-state index in [1.165, 1.54) is 38.8 Å². The molecule has 2 aliphatic rings. The molecule has 0 radical (unpaired) electrons. The van der Waals surface area contributed by atoms with E-state index in [0.29, 0.717) is 5.41 Å². The van der Waals surface area contributed by atoms with Gasteiger partial charge in [-0.2, -0.15) is 0 Å². The lowest BCUT2D eigenvalue weighted by molar-refractivity contribution is 0.475. The van der Waals surface area contributed by atoms with Gasteiger partial charge in [-0.25, -0.2) is 0 Å². The largest absolute Gasteiger partial charge is 0.316 e. The summed E-state index contributed by atoms with van der Waals surface area (Å²) in [6, 6.07) is 2.45. The van der Waals surface area contributed by atoms with Crippen LogP contribution in [0, 0.1) is 0 Å². The quantitative estimate of drug-likeness (QED) is 0.746. The normalized spacial score (nSPS) is 30.1. The lowest BCUT2D eigenvalue weighted by Gasteiger charge is -2.21. The Morgan fingerprint density at radius 2 is 2.43 bits per heavy atom. The summed E-state index contributed by atoms with van der Waals surface area (Å²) in [5, 5.41) is 3.53. The van der Waals surface area contributed by atoms with Crippen LogP contribution in [0.3, 0.4) is 0 Å². The summed E-state index contributed by atoms with van der Waals surface area (Å²) in [5.74, 6) is 0. The number of aryl methyl sites for hydroxylation is 2. The van der Waals surface area contributed by atoms with E-state index >= 15 is 0 Å². The maximum Gasteiger partial charge on any atom is 0.0190 e. The first-order valence-electron chi connectivity index (χ1n) is 5.67. The molecule has 1 N–H and O–H groups in total. The van der Waals surface area contributed by atoms with Gasteiger partial charge in [-0.3, -0.25) is 0 Å². The number of hydrogen-bond acceptors (Lipinski definition) is 2. The van der Waals surface area contributed by atoms with Crippen LogP contribution in [0.1, 0.15) is 35.1 Å². The molecule has 2 heterocycles. The molecule has 76 valence electrons. The topological polar surface area (TPSA) is 12.0 Å². The van der Waals surface area contributed by atoms with Gasteiger partial charge in [0.15, 0.2) is 0 Å². The molecule has 1 atom stereocenters. The third-order valence-electron chi connectivity index (χ3n) is 3.81. The third kappa shape index (κ3) is 1.10. The van der Waals surface area contributed by atoms with Gasteiger partial charge in [0.05, 0.1) is 0 Å². The summed E-state index contributed by atoms with van der Waals surface area (Å²) in [6.07, 6.45) is 5.30. The van der Waals surface area contributed by atoms with Gasteiger partial charge < -0.3 is 5.32 Å². The highest BCUT2D eigenvalue weighted by atomic mass is 32.1. The van der Waals surface area contributed by atoms with E-state index in [2.05, 4.69) is 29.6 Å². The van der Waals surface area contributed by atoms with Gasteiger partial charge in [-0.1, -0.05) is 6.92 Å². The van der Waals surface area contributed by atoms with E-state index in [1.807, 2.05) is 0 Å². The second-order valence-corrected chi connectivity index (χ2v) is 5.76. The molecule has 1 fully saturated rings. The number of hydrogen-bond donors (Lipinski definition) is 1. The van der Waals surface area contributed by atoms with Crippen LogP contribution in [0.4, 0.5) is 0 Å². The van der Waals surface area contributed by atoms with Gasteiger partial charge in [0.2, 0.25) is 0 Å². The summed E-state index contributed by atoms with van der Waals surface area (Å²) in [4.78, 5) is 3.31. The molecule has 0 aromatic carbocycles. The first kappa shape index (κ1) is 8.93. The minimum Gasteiger partial charge on any atom is -0.316 e. The van der Waals surface area contributed by atoms with Crippen molar-refractivity contribution in [2.75, 3.05) is 13.1 Å². The Kier molecular flexibility index (Phi) is 1.96. The van der Waals surface area contributed by atoms with Crippen molar-refractivity contribution in [2.24, 2.45) is 0 Å². The lowest BCUT2D eigenvalue weighted by atomic mass is 9.86. The second kappa shape index (κ2) is 3.07. The van der Waals surface area contributed by atoms with E-state index in [-0.39, 0.29) is 0 Å². The van der Waals surface area contributed by atoms with Crippen molar-refractivity contribution in [3.8, 4) is 0 Å². The first-order valence-corrected chi connectivity index (χ1v) is 6.48. The highest BCUT2D eigenvalue weighted by Gasteiger charge is 2.42. The highest BCUT2D eigenvalue weighted by Crippen LogP contribution is 2.47. The third-order valence-corrected chi connectivity index (χ3v) is 5.37. The fourth-order valence-electron chi connectivity index (χ4n) is 2.93. The average molecular weight is 207 g/mol. The second-order valence-electron chi connectivity index (χ2n) is 4.63. The molecule has 0 saturated carbocycles. The van der Waals surface area contributed by atoms with Crippen LogP contribution in [0.2, 0.25) is 0 Å². The molecule has 3 rings (SSSR count). The smallest absolute Gasteiger partial charge is 0.0190 e. The molecule has 2 heteroatoms. The van der Waals surface area contributed by atoms with Gasteiger partial charge in [0.1, 0.15) is 0 Å². The summed E-state index contributed by atoms with van der Waals surface area (Å²) in [7, 11) is 0. The fourth-order valence-corrected chi connectivity index (χ4v) is 4.33. The molecule has 1 nitrogen and oxygen atoms in total. The Hall–Kier alpha value is -0.340. The van der Waals surface area contributed by atoms with E-state index < -0.39 is 0 Å². The number of thiophene rings is 1. The van der Waals surface area contributed by atoms with Crippen molar-refractivity contribution in [3.63, 3.8) is 0 Å². The molecule has 0 bridgehead atoms. The van der Waals surface area contributed by atoms with Gasteiger partial charge in [-0.15, -0.1) is 11.3 Å². The van der Waals surface area contributed by atoms with Crippen LogP contribution in [-0.2, 0) is 18.3 Å². The SMILES string of the molecule is CCc1cc2c(s1)C1(CCNC1)CC2. The molecular formula is C12H17NS. The molecule has 0 amide bonds. The van der Waals surface area contributed by atoms with Gasteiger partial charge in [0, 0.05) is 21.7 Å². The summed E-state index contributed by atoms with van der Waals surface area (Å²) >= 11 is 2.08. The maximum absolute atomic E-state index is 3.53. The standard InChI is InChI=1S/C12H17NS/c1-2-10-7-9-3-4-12(11(9)14-10)5-6-13-8-12/h7,13H,2-6,8H2,1H3. The van der Waals surface area contributed by atoms with Crippen LogP contribution in [0.15, 0.2) is 6.07 Å². The predicted molar refractivity (Wildman–Crippen MR) is 61.2 cm³/mol. The van der Waals surface area contributed by atoms with E-state index in [1.54, 1.807) is 15.3 Å². The summed E-state index contributed by atoms with van der Waals surface area (Å²) < 4.78 is 0. The van der Waals surface area contributed by atoms with Crippen molar-refractivity contribution in [3.05, 3.63) is 21.4 Å². The zero-order valence-electron chi connectivity index (χ0n) is 8.73. The number of nitrogens with one attached hydrogen (secondary N) is 1. The Morgan fingerprint density at radius 3 is 3.14 bits per heavy atom. The van der Waals surface area contributed by atoms with Crippen LogP contribution >= 0.6 is 11.3 Å². The van der Waals surface area contributed by atoms with Gasteiger partial charge in [-0.05, 0) is 43.9 Å². The van der Waals surface area contributed by atoms with Crippen LogP contribution < -0.4 is 5.32 Å². The molecule has 1 aromatic heterocycles. The average Bonchev–Trinajstić information content (AvgIpc) is 2.88. The monoisotopic (exact) mass is 207 g/mol. The van der Waals surface area contributed by atoms with Crippen LogP contribution in [-0.4, -0.2) is 13.1 Å². The van der Waals surface area contributed by atoms with Crippen molar-refractivity contribution in [2.45, 2.75) is 38.0 Å². The molecule has 1 unspecified atom stereocenters. The summed E-state index contributed by atoms with van der Waals surface area (Å²) in [5.41, 5.74) is 2.21. The molecule has 1 aliphatic heterocycles. The first-order chi connectivity index (χ1) is 6.84. The fraction of sp³-hybridized carbons (Fsp3) is 0.667.